The summed E-state index contributed by atoms with van der Waals surface area (Å²) in [5.74, 6) is 0.981. The summed E-state index contributed by atoms with van der Waals surface area (Å²) in [5, 5.41) is 13.8. The molecule has 142 valence electrons. The van der Waals surface area contributed by atoms with Crippen molar-refractivity contribution in [2.75, 3.05) is 0 Å². The van der Waals surface area contributed by atoms with Crippen LogP contribution in [0.2, 0.25) is 0 Å². The molecule has 2 aromatic carbocycles. The first kappa shape index (κ1) is 17.4. The van der Waals surface area contributed by atoms with E-state index in [0.717, 1.165) is 21.6 Å². The molecule has 0 saturated carbocycles. The number of para-hydroxylation sites is 2. The van der Waals surface area contributed by atoms with E-state index in [4.69, 9.17) is 0 Å². The molecule has 0 unspecified atom stereocenters. The molecule has 0 aliphatic rings. The van der Waals surface area contributed by atoms with Gasteiger partial charge < -0.3 is 4.98 Å². The number of benzene rings is 2. The summed E-state index contributed by atoms with van der Waals surface area (Å²) in [4.78, 5) is 20.7. The molecule has 0 saturated heterocycles. The Kier molecular flexibility index (Phi) is 4.45. The van der Waals surface area contributed by atoms with Gasteiger partial charge in [-0.2, -0.15) is 9.61 Å². The Morgan fingerprint density at radius 2 is 1.86 bits per heavy atom. The number of imidazole rings is 1. The second-order valence-electron chi connectivity index (χ2n) is 6.52. The first-order chi connectivity index (χ1) is 14.3. The zero-order chi connectivity index (χ0) is 19.6. The van der Waals surface area contributed by atoms with E-state index in [2.05, 4.69) is 25.3 Å². The topological polar surface area (TPSA) is 88.8 Å². The second-order valence-corrected chi connectivity index (χ2v) is 7.51. The van der Waals surface area contributed by atoms with E-state index in [1.165, 1.54) is 11.3 Å². The number of ketones is 1. The SMILES string of the molecule is O=C(CCc1nnc2sc(/C=C\c3ccccc3)nn12)c1nc2ccccc2[nH]1. The Hall–Kier alpha value is -3.65. The molecule has 0 radical (unpaired) electrons. The van der Waals surface area contributed by atoms with Crippen molar-refractivity contribution in [1.82, 2.24) is 29.8 Å². The average molecular weight is 400 g/mol. The number of aryl methyl sites for hydroxylation is 1. The van der Waals surface area contributed by atoms with Gasteiger partial charge in [-0.3, -0.25) is 4.79 Å². The molecule has 0 amide bonds. The van der Waals surface area contributed by atoms with Gasteiger partial charge >= 0.3 is 0 Å². The van der Waals surface area contributed by atoms with Gasteiger partial charge in [-0.15, -0.1) is 10.2 Å². The van der Waals surface area contributed by atoms with Gasteiger partial charge in [-0.1, -0.05) is 59.9 Å². The number of hydrogen-bond acceptors (Lipinski definition) is 6. The summed E-state index contributed by atoms with van der Waals surface area (Å²) in [6.45, 7) is 0. The maximum atomic E-state index is 12.5. The summed E-state index contributed by atoms with van der Waals surface area (Å²) < 4.78 is 1.71. The van der Waals surface area contributed by atoms with Gasteiger partial charge in [0.2, 0.25) is 4.96 Å². The number of fused-ring (bicyclic) bond motifs is 2. The van der Waals surface area contributed by atoms with E-state index >= 15 is 0 Å². The molecule has 29 heavy (non-hydrogen) atoms. The van der Waals surface area contributed by atoms with Gasteiger partial charge in [0.15, 0.2) is 17.4 Å². The van der Waals surface area contributed by atoms with Crippen LogP contribution in [0.1, 0.15) is 33.4 Å². The largest absolute Gasteiger partial charge is 0.335 e. The quantitative estimate of drug-likeness (QED) is 0.435. The van der Waals surface area contributed by atoms with Crippen molar-refractivity contribution in [3.8, 4) is 0 Å². The molecule has 0 aliphatic heterocycles. The highest BCUT2D eigenvalue weighted by molar-refractivity contribution is 7.17. The fourth-order valence-electron chi connectivity index (χ4n) is 3.06. The highest BCUT2D eigenvalue weighted by Crippen LogP contribution is 2.18. The Bertz CT molecular complexity index is 1300. The third-order valence-electron chi connectivity index (χ3n) is 4.52. The molecule has 0 bridgehead atoms. The molecular formula is C21H16N6OS. The number of nitrogens with one attached hydrogen (secondary N) is 1. The van der Waals surface area contributed by atoms with Crippen molar-refractivity contribution in [1.29, 1.82) is 0 Å². The smallest absolute Gasteiger partial charge is 0.234 e. The van der Waals surface area contributed by atoms with Gasteiger partial charge in [-0.25, -0.2) is 4.98 Å². The number of aromatic nitrogens is 6. The van der Waals surface area contributed by atoms with E-state index in [1.54, 1.807) is 4.52 Å². The lowest BCUT2D eigenvalue weighted by molar-refractivity contribution is 0.0973. The highest BCUT2D eigenvalue weighted by Gasteiger charge is 2.15. The number of rotatable bonds is 6. The predicted octanol–water partition coefficient (Wildman–Crippen LogP) is 4.05. The Balaban J connectivity index is 1.31. The number of Topliss-reactive ketones (excluding diaryl/α,β-unsaturated/α-hetero) is 1. The molecule has 0 atom stereocenters. The zero-order valence-electron chi connectivity index (χ0n) is 15.3. The van der Waals surface area contributed by atoms with Gasteiger partial charge in [-0.05, 0) is 23.8 Å². The lowest BCUT2D eigenvalue weighted by Crippen LogP contribution is -2.06. The number of aromatic amines is 1. The lowest BCUT2D eigenvalue weighted by Gasteiger charge is -1.96. The zero-order valence-corrected chi connectivity index (χ0v) is 16.1. The number of nitrogens with zero attached hydrogens (tertiary/aromatic N) is 5. The minimum absolute atomic E-state index is 0.0580. The summed E-state index contributed by atoms with van der Waals surface area (Å²) in [6, 6.07) is 17.6. The number of hydrogen-bond donors (Lipinski definition) is 1. The molecule has 7 nitrogen and oxygen atoms in total. The maximum Gasteiger partial charge on any atom is 0.234 e. The van der Waals surface area contributed by atoms with Gasteiger partial charge in [0.25, 0.3) is 0 Å². The standard InChI is InChI=1S/C21H16N6OS/c28-17(20-22-15-8-4-5-9-16(15)23-20)11-12-18-24-25-21-27(18)26-19(29-21)13-10-14-6-2-1-3-7-14/h1-10,13H,11-12H2,(H,22,23)/b13-10-. The van der Waals surface area contributed by atoms with Crippen LogP contribution in [0, 0.1) is 0 Å². The van der Waals surface area contributed by atoms with Crippen LogP contribution in [0.15, 0.2) is 54.6 Å². The highest BCUT2D eigenvalue weighted by atomic mass is 32.1. The van der Waals surface area contributed by atoms with Crippen LogP contribution < -0.4 is 0 Å². The predicted molar refractivity (Wildman–Crippen MR) is 113 cm³/mol. The Labute approximate surface area is 169 Å². The van der Waals surface area contributed by atoms with Gasteiger partial charge in [0.05, 0.1) is 11.0 Å². The molecule has 1 N–H and O–H groups in total. The monoisotopic (exact) mass is 400 g/mol. The normalized spacial score (nSPS) is 11.7. The molecule has 0 fully saturated rings. The van der Waals surface area contributed by atoms with Crippen LogP contribution in [-0.4, -0.2) is 35.6 Å². The fraction of sp³-hybridized carbons (Fsp3) is 0.0952. The average Bonchev–Trinajstić information content (AvgIpc) is 3.45. The summed E-state index contributed by atoms with van der Waals surface area (Å²) in [5.41, 5.74) is 2.75. The van der Waals surface area contributed by atoms with Gasteiger partial charge in [0, 0.05) is 12.8 Å². The van der Waals surface area contributed by atoms with Crippen LogP contribution in [0.5, 0.6) is 0 Å². The molecule has 5 rings (SSSR count). The van der Waals surface area contributed by atoms with E-state index < -0.39 is 0 Å². The van der Waals surface area contributed by atoms with Crippen LogP contribution in [0.25, 0.3) is 28.1 Å². The van der Waals surface area contributed by atoms with Crippen molar-refractivity contribution >= 4 is 45.3 Å². The third-order valence-corrected chi connectivity index (χ3v) is 5.38. The van der Waals surface area contributed by atoms with Crippen molar-refractivity contribution in [3.05, 3.63) is 76.8 Å². The van der Waals surface area contributed by atoms with Crippen LogP contribution in [0.4, 0.5) is 0 Å². The summed E-state index contributed by atoms with van der Waals surface area (Å²) in [6.07, 6.45) is 4.70. The second kappa shape index (κ2) is 7.40. The van der Waals surface area contributed by atoms with Crippen LogP contribution in [0.3, 0.4) is 0 Å². The number of carbonyl (C=O) groups is 1. The Morgan fingerprint density at radius 1 is 1.03 bits per heavy atom. The third kappa shape index (κ3) is 3.57. The van der Waals surface area contributed by atoms with Crippen LogP contribution >= 0.6 is 11.3 Å². The van der Waals surface area contributed by atoms with Gasteiger partial charge in [0.1, 0.15) is 5.01 Å². The number of carbonyl (C=O) groups excluding carboxylic acids is 1. The summed E-state index contributed by atoms with van der Waals surface area (Å²) in [7, 11) is 0. The van der Waals surface area contributed by atoms with E-state index in [-0.39, 0.29) is 12.2 Å². The van der Waals surface area contributed by atoms with Crippen molar-refractivity contribution in [2.45, 2.75) is 12.8 Å². The molecule has 3 heterocycles. The van der Waals surface area contributed by atoms with E-state index in [0.29, 0.717) is 23.0 Å². The molecule has 5 aromatic rings. The summed E-state index contributed by atoms with van der Waals surface area (Å²) >= 11 is 1.46. The van der Waals surface area contributed by atoms with Crippen LogP contribution in [-0.2, 0) is 6.42 Å². The molecule has 3 aromatic heterocycles. The lowest BCUT2D eigenvalue weighted by atomic mass is 10.2. The van der Waals surface area contributed by atoms with E-state index in [9.17, 15) is 4.79 Å². The minimum atomic E-state index is -0.0580. The molecular weight excluding hydrogens is 384 g/mol. The first-order valence-corrected chi connectivity index (χ1v) is 10.00. The molecule has 8 heteroatoms. The minimum Gasteiger partial charge on any atom is -0.335 e. The maximum absolute atomic E-state index is 12.5. The molecule has 0 aliphatic carbocycles. The Morgan fingerprint density at radius 3 is 2.72 bits per heavy atom. The first-order valence-electron chi connectivity index (χ1n) is 9.18. The molecule has 0 spiro atoms. The number of H-pyrrole nitrogens is 1. The fourth-order valence-corrected chi connectivity index (χ4v) is 3.82. The van der Waals surface area contributed by atoms with Crippen molar-refractivity contribution < 1.29 is 4.79 Å². The van der Waals surface area contributed by atoms with Crippen molar-refractivity contribution in [2.24, 2.45) is 0 Å². The van der Waals surface area contributed by atoms with E-state index in [1.807, 2.05) is 66.7 Å². The van der Waals surface area contributed by atoms with Crippen molar-refractivity contribution in [3.63, 3.8) is 0 Å².